The first-order valence-corrected chi connectivity index (χ1v) is 29.7. The summed E-state index contributed by atoms with van der Waals surface area (Å²) in [6, 6.07) is 0. The van der Waals surface area contributed by atoms with Crippen molar-refractivity contribution in [3.63, 3.8) is 0 Å². The first kappa shape index (κ1) is 68.6. The summed E-state index contributed by atoms with van der Waals surface area (Å²) in [7, 11) is 0. The van der Waals surface area contributed by atoms with E-state index in [-0.39, 0.29) is 31.1 Å². The second-order valence-electron chi connectivity index (χ2n) is 19.2. The van der Waals surface area contributed by atoms with Crippen molar-refractivity contribution >= 4 is 17.9 Å². The second-order valence-corrected chi connectivity index (χ2v) is 19.2. The van der Waals surface area contributed by atoms with Gasteiger partial charge in [-0.3, -0.25) is 14.4 Å². The molecule has 0 radical (unpaired) electrons. The molecule has 0 aromatic carbocycles. The van der Waals surface area contributed by atoms with Crippen LogP contribution < -0.4 is 0 Å². The molecule has 0 aliphatic heterocycles. The molecule has 0 spiro atoms. The summed E-state index contributed by atoms with van der Waals surface area (Å²) in [4.78, 5) is 38.0. The summed E-state index contributed by atoms with van der Waals surface area (Å²) in [6.07, 6.45) is 84.6. The fourth-order valence-corrected chi connectivity index (χ4v) is 7.63. The van der Waals surface area contributed by atoms with Crippen LogP contribution in [0, 0.1) is 0 Å². The first-order valence-electron chi connectivity index (χ1n) is 29.7. The van der Waals surface area contributed by atoms with E-state index in [1.165, 1.54) is 51.4 Å². The third-order valence-corrected chi connectivity index (χ3v) is 12.1. The van der Waals surface area contributed by atoms with Crippen molar-refractivity contribution < 1.29 is 28.6 Å². The zero-order valence-corrected chi connectivity index (χ0v) is 47.1. The zero-order valence-electron chi connectivity index (χ0n) is 47.1. The minimum atomic E-state index is -0.796. The molecule has 1 unspecified atom stereocenters. The Balaban J connectivity index is 4.24. The molecule has 6 heteroatoms. The van der Waals surface area contributed by atoms with Crippen LogP contribution in [-0.4, -0.2) is 37.2 Å². The third kappa shape index (κ3) is 58.3. The summed E-state index contributed by atoms with van der Waals surface area (Å²) >= 11 is 0. The molecule has 0 bridgehead atoms. The highest BCUT2D eigenvalue weighted by molar-refractivity contribution is 5.71. The van der Waals surface area contributed by atoms with Crippen LogP contribution in [0.1, 0.15) is 252 Å². The Morgan fingerprint density at radius 2 is 0.534 bits per heavy atom. The Hall–Kier alpha value is -4.45. The zero-order chi connectivity index (χ0) is 52.9. The van der Waals surface area contributed by atoms with Crippen LogP contribution >= 0.6 is 0 Å². The molecule has 0 fully saturated rings. The van der Waals surface area contributed by atoms with E-state index in [9.17, 15) is 14.4 Å². The Bertz CT molecular complexity index is 1580. The smallest absolute Gasteiger partial charge is 0.306 e. The lowest BCUT2D eigenvalue weighted by molar-refractivity contribution is -0.167. The molecule has 0 aliphatic rings. The highest BCUT2D eigenvalue weighted by Gasteiger charge is 2.19. The van der Waals surface area contributed by atoms with Crippen LogP contribution in [0.3, 0.4) is 0 Å². The van der Waals surface area contributed by atoms with E-state index in [2.05, 4.69) is 154 Å². The number of rotatable bonds is 52. The van der Waals surface area contributed by atoms with Crippen molar-refractivity contribution in [2.75, 3.05) is 13.2 Å². The SMILES string of the molecule is CC/C=C\C/C=C\C/C=C\C/C=C\C/C=C\C/C=C\C/C=C\C/C=C\C/C=C\CCCCCCCC(=O)OCC(COC(=O)CCCCCCC/C=C\CCCC)OC(=O)CCCCCCC/C=C\CCCC. The molecule has 0 aliphatic carbocycles. The Morgan fingerprint density at radius 1 is 0.288 bits per heavy atom. The van der Waals surface area contributed by atoms with E-state index in [1.807, 2.05) is 0 Å². The van der Waals surface area contributed by atoms with Gasteiger partial charge in [-0.05, 0) is 128 Å². The monoisotopic (exact) mass is 1010 g/mol. The molecule has 0 amide bonds. The van der Waals surface area contributed by atoms with Gasteiger partial charge in [0, 0.05) is 19.3 Å². The fourth-order valence-electron chi connectivity index (χ4n) is 7.63. The van der Waals surface area contributed by atoms with Gasteiger partial charge in [0.15, 0.2) is 6.10 Å². The predicted molar refractivity (Wildman–Crippen MR) is 316 cm³/mol. The average Bonchev–Trinajstić information content (AvgIpc) is 3.39. The number of ether oxygens (including phenoxy) is 3. The summed E-state index contributed by atoms with van der Waals surface area (Å²) in [5.74, 6) is -0.939. The number of carbonyl (C=O) groups is 3. The predicted octanol–water partition coefficient (Wildman–Crippen LogP) is 20.2. The summed E-state index contributed by atoms with van der Waals surface area (Å²) in [5, 5.41) is 0. The van der Waals surface area contributed by atoms with Gasteiger partial charge in [-0.1, -0.05) is 238 Å². The highest BCUT2D eigenvalue weighted by Crippen LogP contribution is 2.13. The van der Waals surface area contributed by atoms with Crippen LogP contribution in [0.25, 0.3) is 0 Å². The highest BCUT2D eigenvalue weighted by atomic mass is 16.6. The summed E-state index contributed by atoms with van der Waals surface area (Å²) in [6.45, 7) is 6.40. The van der Waals surface area contributed by atoms with Crippen LogP contribution in [0.5, 0.6) is 0 Å². The van der Waals surface area contributed by atoms with Gasteiger partial charge >= 0.3 is 17.9 Å². The van der Waals surface area contributed by atoms with Crippen LogP contribution in [0.15, 0.2) is 134 Å². The lowest BCUT2D eigenvalue weighted by atomic mass is 10.1. The Kier molecular flexibility index (Phi) is 56.4. The van der Waals surface area contributed by atoms with Gasteiger partial charge in [0.25, 0.3) is 0 Å². The maximum Gasteiger partial charge on any atom is 0.306 e. The van der Waals surface area contributed by atoms with Crippen LogP contribution in [0.4, 0.5) is 0 Å². The normalized spacial score (nSPS) is 13.1. The molecule has 0 aromatic heterocycles. The number of hydrogen-bond acceptors (Lipinski definition) is 6. The molecule has 0 aromatic rings. The van der Waals surface area contributed by atoms with Gasteiger partial charge in [0.1, 0.15) is 13.2 Å². The van der Waals surface area contributed by atoms with Crippen molar-refractivity contribution in [2.45, 2.75) is 258 Å². The van der Waals surface area contributed by atoms with Gasteiger partial charge in [0.2, 0.25) is 0 Å². The third-order valence-electron chi connectivity index (χ3n) is 12.1. The number of hydrogen-bond donors (Lipinski definition) is 0. The molecule has 73 heavy (non-hydrogen) atoms. The van der Waals surface area contributed by atoms with Crippen molar-refractivity contribution in [1.82, 2.24) is 0 Å². The van der Waals surface area contributed by atoms with Crippen molar-refractivity contribution in [2.24, 2.45) is 0 Å². The maximum absolute atomic E-state index is 12.8. The van der Waals surface area contributed by atoms with Crippen molar-refractivity contribution in [1.29, 1.82) is 0 Å². The van der Waals surface area contributed by atoms with E-state index >= 15 is 0 Å². The van der Waals surface area contributed by atoms with Crippen LogP contribution in [-0.2, 0) is 28.6 Å². The molecule has 6 nitrogen and oxygen atoms in total. The van der Waals surface area contributed by atoms with Gasteiger partial charge in [0.05, 0.1) is 0 Å². The lowest BCUT2D eigenvalue weighted by Crippen LogP contribution is -2.30. The van der Waals surface area contributed by atoms with Crippen molar-refractivity contribution in [3.8, 4) is 0 Å². The molecule has 1 atom stereocenters. The van der Waals surface area contributed by atoms with E-state index in [1.54, 1.807) is 0 Å². The van der Waals surface area contributed by atoms with E-state index in [4.69, 9.17) is 14.2 Å². The molecule has 0 heterocycles. The summed E-state index contributed by atoms with van der Waals surface area (Å²) < 4.78 is 16.8. The Morgan fingerprint density at radius 3 is 0.849 bits per heavy atom. The van der Waals surface area contributed by atoms with Gasteiger partial charge < -0.3 is 14.2 Å². The van der Waals surface area contributed by atoms with E-state index in [0.29, 0.717) is 19.3 Å². The van der Waals surface area contributed by atoms with Crippen LogP contribution in [0.2, 0.25) is 0 Å². The number of unbranched alkanes of at least 4 members (excludes halogenated alkanes) is 19. The van der Waals surface area contributed by atoms with E-state index < -0.39 is 6.10 Å². The molecular formula is C67H108O6. The summed E-state index contributed by atoms with van der Waals surface area (Å²) in [5.41, 5.74) is 0. The van der Waals surface area contributed by atoms with Crippen molar-refractivity contribution in [3.05, 3.63) is 134 Å². The van der Waals surface area contributed by atoms with Gasteiger partial charge in [-0.15, -0.1) is 0 Å². The molecule has 0 rings (SSSR count). The standard InChI is InChI=1S/C67H108O6/c1-4-7-10-13-16-19-22-23-24-25-26-27-28-29-30-31-32-33-34-35-36-37-38-39-40-41-42-43-46-48-51-54-57-60-66(69)72-63-64(73-67(70)61-58-55-52-49-45-21-18-15-12-9-6-3)62-71-65(68)59-56-53-50-47-44-20-17-14-11-8-5-2/h7,10,14-19,23-24,26-27,29-30,32-33,35-36,38-39,41-42,64H,4-6,8-9,11-13,20-22,25,28,31,34,37,40,43-63H2,1-3H3/b10-7-,17-14-,18-15-,19-16-,24-23-,27-26-,30-29-,33-32-,36-35-,39-38-,42-41-. The van der Waals surface area contributed by atoms with Gasteiger partial charge in [-0.2, -0.15) is 0 Å². The lowest BCUT2D eigenvalue weighted by Gasteiger charge is -2.18. The van der Waals surface area contributed by atoms with E-state index in [0.717, 1.165) is 161 Å². The maximum atomic E-state index is 12.8. The Labute approximate surface area is 449 Å². The second kappa shape index (κ2) is 60.1. The largest absolute Gasteiger partial charge is 0.462 e. The van der Waals surface area contributed by atoms with Gasteiger partial charge in [-0.25, -0.2) is 0 Å². The minimum Gasteiger partial charge on any atom is -0.462 e. The molecule has 0 saturated heterocycles. The molecule has 0 N–H and O–H groups in total. The average molecular weight is 1010 g/mol. The molecule has 412 valence electrons. The topological polar surface area (TPSA) is 78.9 Å². The number of carbonyl (C=O) groups excluding carboxylic acids is 3. The molecular weight excluding hydrogens is 901 g/mol. The molecule has 0 saturated carbocycles. The number of esters is 3. The fraction of sp³-hybridized carbons (Fsp3) is 0.627. The number of allylic oxidation sites excluding steroid dienone is 22. The first-order chi connectivity index (χ1) is 36.0. The minimum absolute atomic E-state index is 0.0949. The quantitative estimate of drug-likeness (QED) is 0.0261.